The fourth-order valence-corrected chi connectivity index (χ4v) is 2.55. The van der Waals surface area contributed by atoms with Gasteiger partial charge < -0.3 is 15.5 Å². The van der Waals surface area contributed by atoms with Crippen molar-refractivity contribution < 1.29 is 0 Å². The van der Waals surface area contributed by atoms with Crippen molar-refractivity contribution >= 4 is 0 Å². The van der Waals surface area contributed by atoms with Crippen LogP contribution in [0.2, 0.25) is 0 Å². The Labute approximate surface area is 101 Å². The molecule has 1 aliphatic rings. The molecule has 3 heteroatoms. The average molecular weight is 227 g/mol. The Morgan fingerprint density at radius 3 is 2.38 bits per heavy atom. The highest BCUT2D eigenvalue weighted by atomic mass is 15.1. The first-order valence-corrected chi connectivity index (χ1v) is 6.63. The fraction of sp³-hybridized carbons (Fsp3) is 1.00. The zero-order chi connectivity index (χ0) is 12.1. The van der Waals surface area contributed by atoms with E-state index in [1.165, 1.54) is 32.5 Å². The van der Waals surface area contributed by atoms with E-state index in [4.69, 9.17) is 5.73 Å². The number of nitrogens with two attached hydrogens (primary N) is 1. The van der Waals surface area contributed by atoms with Gasteiger partial charge in [-0.15, -0.1) is 0 Å². The quantitative estimate of drug-likeness (QED) is 0.770. The van der Waals surface area contributed by atoms with Gasteiger partial charge in [-0.1, -0.05) is 0 Å². The summed E-state index contributed by atoms with van der Waals surface area (Å²) < 4.78 is 0. The van der Waals surface area contributed by atoms with E-state index in [-0.39, 0.29) is 0 Å². The van der Waals surface area contributed by atoms with Crippen molar-refractivity contribution in [3.63, 3.8) is 0 Å². The van der Waals surface area contributed by atoms with Gasteiger partial charge >= 0.3 is 0 Å². The molecule has 2 N–H and O–H groups in total. The molecule has 0 radical (unpaired) electrons. The first-order valence-electron chi connectivity index (χ1n) is 6.63. The van der Waals surface area contributed by atoms with E-state index in [1.807, 2.05) is 0 Å². The lowest BCUT2D eigenvalue weighted by Crippen LogP contribution is -2.40. The topological polar surface area (TPSA) is 32.5 Å². The SMILES string of the molecule is CC(N)CC(C)N(C)CC1CCN(C)CC1. The Kier molecular flexibility index (Phi) is 5.73. The van der Waals surface area contributed by atoms with E-state index in [9.17, 15) is 0 Å². The molecule has 0 aliphatic carbocycles. The second-order valence-corrected chi connectivity index (χ2v) is 5.75. The predicted octanol–water partition coefficient (Wildman–Crippen LogP) is 1.39. The Morgan fingerprint density at radius 1 is 1.31 bits per heavy atom. The molecule has 1 aliphatic heterocycles. The Hall–Kier alpha value is -0.120. The summed E-state index contributed by atoms with van der Waals surface area (Å²) in [7, 11) is 4.46. The first-order chi connectivity index (χ1) is 7.49. The third-order valence-electron chi connectivity index (χ3n) is 3.85. The maximum Gasteiger partial charge on any atom is 0.00786 e. The summed E-state index contributed by atoms with van der Waals surface area (Å²) in [5, 5.41) is 0. The van der Waals surface area contributed by atoms with Gasteiger partial charge in [-0.3, -0.25) is 0 Å². The molecule has 2 unspecified atom stereocenters. The van der Waals surface area contributed by atoms with Crippen LogP contribution in [-0.4, -0.2) is 55.6 Å². The van der Waals surface area contributed by atoms with Crippen LogP contribution in [0.15, 0.2) is 0 Å². The van der Waals surface area contributed by atoms with Crippen LogP contribution in [-0.2, 0) is 0 Å². The predicted molar refractivity (Wildman–Crippen MR) is 70.6 cm³/mol. The molecule has 0 saturated carbocycles. The van der Waals surface area contributed by atoms with Crippen LogP contribution in [0.5, 0.6) is 0 Å². The van der Waals surface area contributed by atoms with Crippen molar-refractivity contribution in [2.45, 2.75) is 45.2 Å². The van der Waals surface area contributed by atoms with Gasteiger partial charge in [0.1, 0.15) is 0 Å². The molecule has 0 aromatic rings. The lowest BCUT2D eigenvalue weighted by molar-refractivity contribution is 0.149. The maximum atomic E-state index is 5.85. The molecule has 1 fully saturated rings. The van der Waals surface area contributed by atoms with Gasteiger partial charge in [0.2, 0.25) is 0 Å². The molecule has 0 aromatic carbocycles. The standard InChI is InChI=1S/C13H29N3/c1-11(14)9-12(2)16(4)10-13-5-7-15(3)8-6-13/h11-13H,5-10,14H2,1-4H3. The summed E-state index contributed by atoms with van der Waals surface area (Å²) in [5.74, 6) is 0.886. The summed E-state index contributed by atoms with van der Waals surface area (Å²) in [4.78, 5) is 4.92. The smallest absolute Gasteiger partial charge is 0.00786 e. The number of rotatable bonds is 5. The van der Waals surface area contributed by atoms with E-state index in [1.54, 1.807) is 0 Å². The van der Waals surface area contributed by atoms with E-state index >= 15 is 0 Å². The second kappa shape index (κ2) is 6.58. The van der Waals surface area contributed by atoms with E-state index in [2.05, 4.69) is 37.7 Å². The Morgan fingerprint density at radius 2 is 1.88 bits per heavy atom. The third-order valence-corrected chi connectivity index (χ3v) is 3.85. The normalized spacial score (nSPS) is 23.6. The monoisotopic (exact) mass is 227 g/mol. The van der Waals surface area contributed by atoms with Crippen LogP contribution in [0.4, 0.5) is 0 Å². The molecule has 3 nitrogen and oxygen atoms in total. The minimum absolute atomic E-state index is 0.315. The van der Waals surface area contributed by atoms with Gasteiger partial charge in [0, 0.05) is 18.6 Å². The molecule has 0 aromatic heterocycles. The lowest BCUT2D eigenvalue weighted by atomic mass is 9.96. The van der Waals surface area contributed by atoms with E-state index in [0.717, 1.165) is 12.3 Å². The summed E-state index contributed by atoms with van der Waals surface area (Å²) >= 11 is 0. The van der Waals surface area contributed by atoms with Crippen LogP contribution in [0, 0.1) is 5.92 Å². The van der Waals surface area contributed by atoms with E-state index < -0.39 is 0 Å². The molecule has 96 valence electrons. The highest BCUT2D eigenvalue weighted by molar-refractivity contribution is 4.75. The number of hydrogen-bond donors (Lipinski definition) is 1. The van der Waals surface area contributed by atoms with Crippen molar-refractivity contribution in [3.8, 4) is 0 Å². The van der Waals surface area contributed by atoms with Crippen molar-refractivity contribution in [1.82, 2.24) is 9.80 Å². The molecule has 1 saturated heterocycles. The molecule has 1 heterocycles. The fourth-order valence-electron chi connectivity index (χ4n) is 2.55. The maximum absolute atomic E-state index is 5.85. The van der Waals surface area contributed by atoms with Gasteiger partial charge in [0.15, 0.2) is 0 Å². The largest absolute Gasteiger partial charge is 0.328 e. The first kappa shape index (κ1) is 13.9. The van der Waals surface area contributed by atoms with Gasteiger partial charge in [-0.25, -0.2) is 0 Å². The zero-order valence-electron chi connectivity index (χ0n) is 11.4. The Balaban J connectivity index is 2.25. The molecular weight excluding hydrogens is 198 g/mol. The molecule has 16 heavy (non-hydrogen) atoms. The van der Waals surface area contributed by atoms with Crippen LogP contribution in [0.25, 0.3) is 0 Å². The summed E-state index contributed by atoms with van der Waals surface area (Å²) in [6.07, 6.45) is 3.81. The minimum Gasteiger partial charge on any atom is -0.328 e. The van der Waals surface area contributed by atoms with Crippen molar-refractivity contribution in [2.75, 3.05) is 33.7 Å². The average Bonchev–Trinajstić information content (AvgIpc) is 2.20. The van der Waals surface area contributed by atoms with Crippen LogP contribution < -0.4 is 5.73 Å². The third kappa shape index (κ3) is 4.81. The Bertz CT molecular complexity index is 186. The molecule has 1 rings (SSSR count). The molecule has 0 bridgehead atoms. The highest BCUT2D eigenvalue weighted by Crippen LogP contribution is 2.18. The molecule has 0 spiro atoms. The minimum atomic E-state index is 0.315. The van der Waals surface area contributed by atoms with Gasteiger partial charge in [-0.2, -0.15) is 0 Å². The lowest BCUT2D eigenvalue weighted by Gasteiger charge is -2.34. The van der Waals surface area contributed by atoms with E-state index in [0.29, 0.717) is 12.1 Å². The van der Waals surface area contributed by atoms with Crippen LogP contribution >= 0.6 is 0 Å². The molecular formula is C13H29N3. The number of nitrogens with zero attached hydrogens (tertiary/aromatic N) is 2. The number of piperidine rings is 1. The zero-order valence-corrected chi connectivity index (χ0v) is 11.4. The van der Waals surface area contributed by atoms with Crippen molar-refractivity contribution in [3.05, 3.63) is 0 Å². The van der Waals surface area contributed by atoms with Gasteiger partial charge in [-0.05, 0) is 66.2 Å². The van der Waals surface area contributed by atoms with Crippen molar-refractivity contribution in [2.24, 2.45) is 11.7 Å². The summed E-state index contributed by atoms with van der Waals surface area (Å²) in [6, 6.07) is 0.926. The highest BCUT2D eigenvalue weighted by Gasteiger charge is 2.20. The van der Waals surface area contributed by atoms with Gasteiger partial charge in [0.05, 0.1) is 0 Å². The molecule has 2 atom stereocenters. The summed E-state index contributed by atoms with van der Waals surface area (Å²) in [5.41, 5.74) is 5.85. The number of likely N-dealkylation sites (tertiary alicyclic amines) is 1. The summed E-state index contributed by atoms with van der Waals surface area (Å²) in [6.45, 7) is 8.15. The van der Waals surface area contributed by atoms with Crippen molar-refractivity contribution in [1.29, 1.82) is 0 Å². The van der Waals surface area contributed by atoms with Crippen LogP contribution in [0.1, 0.15) is 33.1 Å². The van der Waals surface area contributed by atoms with Crippen LogP contribution in [0.3, 0.4) is 0 Å². The molecule has 0 amide bonds. The number of hydrogen-bond acceptors (Lipinski definition) is 3. The second-order valence-electron chi connectivity index (χ2n) is 5.75. The van der Waals surface area contributed by atoms with Gasteiger partial charge in [0.25, 0.3) is 0 Å².